The highest BCUT2D eigenvalue weighted by Crippen LogP contribution is 2.54. The van der Waals surface area contributed by atoms with Crippen molar-refractivity contribution in [2.24, 2.45) is 0 Å². The number of halogens is 2. The quantitative estimate of drug-likeness (QED) is 0.668. The number of carbonyl (C=O) groups excluding carboxylic acids is 2. The second-order valence-corrected chi connectivity index (χ2v) is 10.0. The summed E-state index contributed by atoms with van der Waals surface area (Å²) in [6.45, 7) is 2.16. The Morgan fingerprint density at radius 2 is 1.93 bits per heavy atom. The number of ether oxygens (including phenoxy) is 2. The molecule has 3 rings (SSSR count). The number of benzene rings is 1. The fraction of sp³-hybridized carbons (Fsp3) is 0.579. The molecule has 0 radical (unpaired) electrons. The minimum atomic E-state index is -2.71. The van der Waals surface area contributed by atoms with E-state index in [-0.39, 0.29) is 24.3 Å². The molecule has 2 saturated heterocycles. The summed E-state index contributed by atoms with van der Waals surface area (Å²) in [6.07, 6.45) is -0.775. The molecule has 0 saturated carbocycles. The Morgan fingerprint density at radius 1 is 1.30 bits per heavy atom. The van der Waals surface area contributed by atoms with Gasteiger partial charge in [0, 0.05) is 17.9 Å². The molecule has 0 spiro atoms. The van der Waals surface area contributed by atoms with Crippen LogP contribution in [0.1, 0.15) is 31.2 Å². The number of alkyl carbamates (subject to hydrolysis) is 1. The van der Waals surface area contributed by atoms with Gasteiger partial charge in [0.25, 0.3) is 0 Å². The van der Waals surface area contributed by atoms with E-state index >= 15 is 0 Å². The van der Waals surface area contributed by atoms with Crippen LogP contribution in [0.15, 0.2) is 12.1 Å². The van der Waals surface area contributed by atoms with Crippen LogP contribution in [-0.4, -0.2) is 57.4 Å². The first kappa shape index (κ1) is 22.5. The number of cyclic esters (lactones) is 1. The van der Waals surface area contributed by atoms with E-state index in [2.05, 4.69) is 10.1 Å². The SMILES string of the molecule is CCOP1(=O)CCC(c2c(F)cc(N3C[C@H](CNC(=O)OC)OC3=O)cc2F)CC1. The third-order valence-electron chi connectivity index (χ3n) is 5.32. The topological polar surface area (TPSA) is 94.2 Å². The van der Waals surface area contributed by atoms with E-state index in [1.165, 1.54) is 7.11 Å². The van der Waals surface area contributed by atoms with Crippen molar-refractivity contribution in [3.05, 3.63) is 29.3 Å². The summed E-state index contributed by atoms with van der Waals surface area (Å²) in [4.78, 5) is 24.4. The Balaban J connectivity index is 1.70. The molecule has 2 aliphatic heterocycles. The predicted molar refractivity (Wildman–Crippen MR) is 105 cm³/mol. The summed E-state index contributed by atoms with van der Waals surface area (Å²) in [7, 11) is -1.51. The second-order valence-electron chi connectivity index (χ2n) is 7.27. The maximum absolute atomic E-state index is 14.8. The first-order chi connectivity index (χ1) is 14.3. The van der Waals surface area contributed by atoms with Crippen molar-refractivity contribution in [1.29, 1.82) is 0 Å². The van der Waals surface area contributed by atoms with Crippen LogP contribution >= 0.6 is 7.37 Å². The summed E-state index contributed by atoms with van der Waals surface area (Å²) in [6, 6.07) is 2.21. The van der Waals surface area contributed by atoms with Crippen LogP contribution in [0.2, 0.25) is 0 Å². The van der Waals surface area contributed by atoms with Crippen LogP contribution in [0, 0.1) is 11.6 Å². The average molecular weight is 446 g/mol. The van der Waals surface area contributed by atoms with Gasteiger partial charge >= 0.3 is 12.2 Å². The van der Waals surface area contributed by atoms with Gasteiger partial charge in [0.15, 0.2) is 0 Å². The first-order valence-electron chi connectivity index (χ1n) is 9.78. The maximum atomic E-state index is 14.8. The lowest BCUT2D eigenvalue weighted by molar-refractivity contribution is 0.132. The van der Waals surface area contributed by atoms with Gasteiger partial charge in [0.2, 0.25) is 7.37 Å². The molecule has 1 aromatic rings. The van der Waals surface area contributed by atoms with E-state index < -0.39 is 43.2 Å². The molecule has 30 heavy (non-hydrogen) atoms. The molecule has 2 heterocycles. The molecule has 2 fully saturated rings. The zero-order valence-electron chi connectivity index (χ0n) is 16.9. The van der Waals surface area contributed by atoms with Crippen molar-refractivity contribution in [1.82, 2.24) is 5.32 Å². The summed E-state index contributed by atoms with van der Waals surface area (Å²) >= 11 is 0. The van der Waals surface area contributed by atoms with Gasteiger partial charge in [0.1, 0.15) is 17.7 Å². The van der Waals surface area contributed by atoms with Gasteiger partial charge in [-0.2, -0.15) is 0 Å². The lowest BCUT2D eigenvalue weighted by atomic mass is 9.92. The summed E-state index contributed by atoms with van der Waals surface area (Å²) in [5, 5.41) is 2.41. The predicted octanol–water partition coefficient (Wildman–Crippen LogP) is 3.84. The van der Waals surface area contributed by atoms with Gasteiger partial charge in [0.05, 0.1) is 32.5 Å². The van der Waals surface area contributed by atoms with Crippen LogP contribution in [0.4, 0.5) is 24.1 Å². The molecule has 8 nitrogen and oxygen atoms in total. The number of nitrogens with one attached hydrogen (secondary N) is 1. The normalized spacial score (nSPS) is 26.4. The molecule has 0 aliphatic carbocycles. The number of nitrogens with zero attached hydrogens (tertiary/aromatic N) is 1. The Labute approximate surface area is 173 Å². The van der Waals surface area contributed by atoms with Gasteiger partial charge in [-0.25, -0.2) is 18.4 Å². The molecule has 2 amide bonds. The molecular weight excluding hydrogens is 421 g/mol. The van der Waals surface area contributed by atoms with Gasteiger partial charge < -0.3 is 19.3 Å². The fourth-order valence-electron chi connectivity index (χ4n) is 3.84. The van der Waals surface area contributed by atoms with E-state index in [0.29, 0.717) is 31.8 Å². The van der Waals surface area contributed by atoms with Crippen molar-refractivity contribution >= 4 is 25.2 Å². The van der Waals surface area contributed by atoms with Crippen LogP contribution in [0.3, 0.4) is 0 Å². The fourth-order valence-corrected chi connectivity index (χ4v) is 6.20. The van der Waals surface area contributed by atoms with Gasteiger partial charge in [-0.1, -0.05) is 0 Å². The van der Waals surface area contributed by atoms with Crippen molar-refractivity contribution in [3.8, 4) is 0 Å². The van der Waals surface area contributed by atoms with Crippen molar-refractivity contribution in [2.75, 3.05) is 44.0 Å². The number of rotatable bonds is 6. The van der Waals surface area contributed by atoms with Crippen molar-refractivity contribution in [2.45, 2.75) is 31.8 Å². The lowest BCUT2D eigenvalue weighted by Crippen LogP contribution is -2.34. The van der Waals surface area contributed by atoms with Crippen molar-refractivity contribution in [3.63, 3.8) is 0 Å². The zero-order valence-corrected chi connectivity index (χ0v) is 17.8. The highest BCUT2D eigenvalue weighted by atomic mass is 31.2. The number of methoxy groups -OCH3 is 1. The molecule has 0 bridgehead atoms. The number of hydrogen-bond acceptors (Lipinski definition) is 6. The van der Waals surface area contributed by atoms with E-state index in [4.69, 9.17) is 9.26 Å². The molecule has 11 heteroatoms. The number of anilines is 1. The molecule has 1 aromatic carbocycles. The molecular formula is C19H25F2N2O6P. The zero-order chi connectivity index (χ0) is 21.9. The second kappa shape index (κ2) is 9.31. The molecule has 1 N–H and O–H groups in total. The van der Waals surface area contributed by atoms with E-state index in [1.54, 1.807) is 6.92 Å². The average Bonchev–Trinajstić information content (AvgIpc) is 3.08. The minimum absolute atomic E-state index is 0.0138. The Morgan fingerprint density at radius 3 is 2.50 bits per heavy atom. The molecule has 2 aliphatic rings. The third-order valence-corrected chi connectivity index (χ3v) is 7.93. The Kier molecular flexibility index (Phi) is 6.98. The third kappa shape index (κ3) is 4.92. The smallest absolute Gasteiger partial charge is 0.414 e. The van der Waals surface area contributed by atoms with Crippen LogP contribution in [-0.2, 0) is 18.6 Å². The molecule has 166 valence electrons. The number of hydrogen-bond donors (Lipinski definition) is 1. The minimum Gasteiger partial charge on any atom is -0.453 e. The molecule has 0 unspecified atom stereocenters. The summed E-state index contributed by atoms with van der Waals surface area (Å²) in [5.41, 5.74) is -0.0203. The largest absolute Gasteiger partial charge is 0.453 e. The van der Waals surface area contributed by atoms with Gasteiger partial charge in [-0.3, -0.25) is 9.46 Å². The number of amides is 2. The van der Waals surface area contributed by atoms with Gasteiger partial charge in [-0.05, 0) is 37.8 Å². The van der Waals surface area contributed by atoms with E-state index in [1.807, 2.05) is 0 Å². The first-order valence-corrected chi connectivity index (χ1v) is 11.8. The van der Waals surface area contributed by atoms with Crippen molar-refractivity contribution < 1.29 is 36.9 Å². The molecule has 1 atom stereocenters. The lowest BCUT2D eigenvalue weighted by Gasteiger charge is -2.29. The monoisotopic (exact) mass is 446 g/mol. The van der Waals surface area contributed by atoms with Gasteiger partial charge in [-0.15, -0.1) is 0 Å². The molecule has 0 aromatic heterocycles. The summed E-state index contributed by atoms with van der Waals surface area (Å²) < 4.78 is 57.0. The van der Waals surface area contributed by atoms with E-state index in [0.717, 1.165) is 17.0 Å². The van der Waals surface area contributed by atoms with Crippen LogP contribution < -0.4 is 10.2 Å². The van der Waals surface area contributed by atoms with Crippen LogP contribution in [0.25, 0.3) is 0 Å². The standard InChI is InChI=1S/C19H25F2N2O6P/c1-3-28-30(26)6-4-12(5-7-30)17-15(20)8-13(9-16(17)21)23-11-14(29-19(23)25)10-22-18(24)27-2/h8-9,12,14H,3-7,10-11H2,1-2H3,(H,22,24)/t12?,14-,30?/m0/s1. The number of carbonyl (C=O) groups is 2. The Bertz CT molecular complexity index is 832. The Hall–Kier alpha value is -2.19. The summed E-state index contributed by atoms with van der Waals surface area (Å²) in [5.74, 6) is -1.91. The maximum Gasteiger partial charge on any atom is 0.414 e. The van der Waals surface area contributed by atoms with E-state index in [9.17, 15) is 22.9 Å². The highest BCUT2D eigenvalue weighted by molar-refractivity contribution is 7.59. The highest BCUT2D eigenvalue weighted by Gasteiger charge is 2.36. The van der Waals surface area contributed by atoms with Crippen LogP contribution in [0.5, 0.6) is 0 Å².